The number of fused-ring (bicyclic) bond motifs is 1. The summed E-state index contributed by atoms with van der Waals surface area (Å²) in [7, 11) is 0. The molecule has 0 aromatic carbocycles. The largest absolute Gasteiger partial charge is 0.463 e. The van der Waals surface area contributed by atoms with Gasteiger partial charge in [-0.25, -0.2) is 4.79 Å². The van der Waals surface area contributed by atoms with Crippen LogP contribution in [0.5, 0.6) is 0 Å². The van der Waals surface area contributed by atoms with Crippen molar-refractivity contribution in [2.45, 2.75) is 71.2 Å². The zero-order valence-electron chi connectivity index (χ0n) is 15.3. The van der Waals surface area contributed by atoms with Crippen molar-refractivity contribution in [2.75, 3.05) is 13.2 Å². The summed E-state index contributed by atoms with van der Waals surface area (Å²) in [5, 5.41) is 0. The minimum Gasteiger partial charge on any atom is -0.463 e. The van der Waals surface area contributed by atoms with Gasteiger partial charge in [-0.15, -0.1) is 6.58 Å². The number of carbonyl (C=O) groups is 1. The summed E-state index contributed by atoms with van der Waals surface area (Å²) in [5.41, 5.74) is 0.702. The standard InChI is InChI=1S/C19H30N2O3/c1-6-10-21-13(5)20-18-16(21)11-14(19(22)23-9-4)12-17(18)24-15(7-2)8-3/h6,12,15-18H,1,7-11H2,2-5H3/t16-,17+,18+/m0/s1. The highest BCUT2D eigenvalue weighted by Gasteiger charge is 2.43. The Kier molecular flexibility index (Phi) is 6.60. The number of rotatable bonds is 8. The van der Waals surface area contributed by atoms with Gasteiger partial charge in [0.2, 0.25) is 0 Å². The lowest BCUT2D eigenvalue weighted by atomic mass is 9.88. The van der Waals surface area contributed by atoms with E-state index in [0.29, 0.717) is 18.6 Å². The highest BCUT2D eigenvalue weighted by Crippen LogP contribution is 2.33. The number of amidine groups is 1. The first-order chi connectivity index (χ1) is 11.5. The van der Waals surface area contributed by atoms with Gasteiger partial charge in [0.1, 0.15) is 12.1 Å². The van der Waals surface area contributed by atoms with E-state index < -0.39 is 0 Å². The molecule has 1 heterocycles. The van der Waals surface area contributed by atoms with Gasteiger partial charge >= 0.3 is 5.97 Å². The smallest absolute Gasteiger partial charge is 0.333 e. The normalized spacial score (nSPS) is 26.0. The molecule has 0 bridgehead atoms. The van der Waals surface area contributed by atoms with Gasteiger partial charge in [0.05, 0.1) is 24.6 Å². The summed E-state index contributed by atoms with van der Waals surface area (Å²) in [6.45, 7) is 13.0. The number of hydrogen-bond acceptors (Lipinski definition) is 5. The molecular weight excluding hydrogens is 304 g/mol. The highest BCUT2D eigenvalue weighted by atomic mass is 16.5. The van der Waals surface area contributed by atoms with E-state index in [0.717, 1.165) is 25.2 Å². The van der Waals surface area contributed by atoms with Crippen LogP contribution in [0, 0.1) is 0 Å². The van der Waals surface area contributed by atoms with Crippen molar-refractivity contribution < 1.29 is 14.3 Å². The monoisotopic (exact) mass is 334 g/mol. The predicted octanol–water partition coefficient (Wildman–Crippen LogP) is 3.11. The SMILES string of the molecule is C=CCN1C(C)=N[C@H]2[C@H](OC(CC)CC)C=C(C(=O)OCC)C[C@@H]21. The second-order valence-corrected chi connectivity index (χ2v) is 6.33. The van der Waals surface area contributed by atoms with Crippen LogP contribution in [0.25, 0.3) is 0 Å². The Hall–Kier alpha value is -1.62. The lowest BCUT2D eigenvalue weighted by molar-refractivity contribution is -0.139. The van der Waals surface area contributed by atoms with Crippen LogP contribution < -0.4 is 0 Å². The summed E-state index contributed by atoms with van der Waals surface area (Å²) in [5.74, 6) is 0.749. The molecule has 2 aliphatic rings. The van der Waals surface area contributed by atoms with E-state index in [9.17, 15) is 4.79 Å². The van der Waals surface area contributed by atoms with Gasteiger partial charge in [0, 0.05) is 18.5 Å². The van der Waals surface area contributed by atoms with Crippen LogP contribution in [0.2, 0.25) is 0 Å². The molecule has 0 saturated heterocycles. The number of aliphatic imine (C=N–C) groups is 1. The fraction of sp³-hybridized carbons (Fsp3) is 0.684. The van der Waals surface area contributed by atoms with Crippen molar-refractivity contribution in [3.63, 3.8) is 0 Å². The van der Waals surface area contributed by atoms with Crippen LogP contribution in [0.1, 0.15) is 47.0 Å². The Labute approximate surface area is 145 Å². The molecule has 0 N–H and O–H groups in total. The molecule has 0 fully saturated rings. The second kappa shape index (κ2) is 8.47. The van der Waals surface area contributed by atoms with Crippen molar-refractivity contribution in [1.29, 1.82) is 0 Å². The highest BCUT2D eigenvalue weighted by molar-refractivity contribution is 5.90. The molecule has 0 unspecified atom stereocenters. The third-order valence-corrected chi connectivity index (χ3v) is 4.80. The molecule has 3 atom stereocenters. The van der Waals surface area contributed by atoms with Crippen molar-refractivity contribution in [3.05, 3.63) is 24.3 Å². The molecule has 24 heavy (non-hydrogen) atoms. The molecule has 1 aliphatic heterocycles. The molecule has 0 amide bonds. The topological polar surface area (TPSA) is 51.1 Å². The number of esters is 1. The molecule has 0 saturated carbocycles. The summed E-state index contributed by atoms with van der Waals surface area (Å²) < 4.78 is 11.5. The zero-order valence-corrected chi connectivity index (χ0v) is 15.3. The van der Waals surface area contributed by atoms with E-state index in [-0.39, 0.29) is 30.3 Å². The minimum absolute atomic E-state index is 0.0312. The first-order valence-corrected chi connectivity index (χ1v) is 9.00. The third-order valence-electron chi connectivity index (χ3n) is 4.80. The molecule has 0 aromatic rings. The maximum Gasteiger partial charge on any atom is 0.333 e. The summed E-state index contributed by atoms with van der Waals surface area (Å²) in [6, 6.07) is 0.162. The van der Waals surface area contributed by atoms with Crippen LogP contribution in [0.4, 0.5) is 0 Å². The van der Waals surface area contributed by atoms with Crippen LogP contribution >= 0.6 is 0 Å². The van der Waals surface area contributed by atoms with Crippen LogP contribution in [0.3, 0.4) is 0 Å². The number of carbonyl (C=O) groups excluding carboxylic acids is 1. The van der Waals surface area contributed by atoms with Crippen molar-refractivity contribution in [1.82, 2.24) is 4.90 Å². The van der Waals surface area contributed by atoms with E-state index in [2.05, 4.69) is 25.3 Å². The van der Waals surface area contributed by atoms with Crippen molar-refractivity contribution in [3.8, 4) is 0 Å². The van der Waals surface area contributed by atoms with Gasteiger partial charge < -0.3 is 14.4 Å². The number of nitrogens with zero attached hydrogens (tertiary/aromatic N) is 2. The van der Waals surface area contributed by atoms with Gasteiger partial charge in [-0.05, 0) is 32.8 Å². The Balaban J connectivity index is 2.28. The molecule has 134 valence electrons. The molecule has 5 heteroatoms. The maximum atomic E-state index is 12.3. The lowest BCUT2D eigenvalue weighted by Gasteiger charge is -2.36. The van der Waals surface area contributed by atoms with Crippen molar-refractivity contribution >= 4 is 11.8 Å². The third kappa shape index (κ3) is 3.89. The quantitative estimate of drug-likeness (QED) is 0.505. The number of hydrogen-bond donors (Lipinski definition) is 0. The zero-order chi connectivity index (χ0) is 17.7. The Bertz CT molecular complexity index is 523. The Morgan fingerprint density at radius 2 is 2.17 bits per heavy atom. The predicted molar refractivity (Wildman–Crippen MR) is 96.2 cm³/mol. The fourth-order valence-electron chi connectivity index (χ4n) is 3.52. The molecule has 2 rings (SSSR count). The molecular formula is C19H30N2O3. The van der Waals surface area contributed by atoms with Crippen LogP contribution in [-0.4, -0.2) is 54.1 Å². The van der Waals surface area contributed by atoms with E-state index >= 15 is 0 Å². The molecule has 1 aliphatic carbocycles. The van der Waals surface area contributed by atoms with Gasteiger partial charge in [-0.2, -0.15) is 0 Å². The maximum absolute atomic E-state index is 12.3. The molecule has 0 aromatic heterocycles. The average molecular weight is 334 g/mol. The summed E-state index contributed by atoms with van der Waals surface area (Å²) in [4.78, 5) is 19.3. The van der Waals surface area contributed by atoms with E-state index in [4.69, 9.17) is 14.5 Å². The lowest BCUT2D eigenvalue weighted by Crippen LogP contribution is -2.48. The summed E-state index contributed by atoms with van der Waals surface area (Å²) >= 11 is 0. The van der Waals surface area contributed by atoms with Gasteiger partial charge in [-0.3, -0.25) is 4.99 Å². The van der Waals surface area contributed by atoms with E-state index in [1.807, 2.05) is 26.0 Å². The van der Waals surface area contributed by atoms with Crippen LogP contribution in [0.15, 0.2) is 29.3 Å². The average Bonchev–Trinajstić information content (AvgIpc) is 2.89. The Morgan fingerprint density at radius 1 is 1.46 bits per heavy atom. The Morgan fingerprint density at radius 3 is 2.75 bits per heavy atom. The minimum atomic E-state index is -0.239. The first kappa shape index (κ1) is 18.7. The molecule has 0 spiro atoms. The molecule has 0 radical (unpaired) electrons. The first-order valence-electron chi connectivity index (χ1n) is 9.00. The van der Waals surface area contributed by atoms with Gasteiger partial charge in [-0.1, -0.05) is 19.9 Å². The van der Waals surface area contributed by atoms with Crippen molar-refractivity contribution in [2.24, 2.45) is 4.99 Å². The van der Waals surface area contributed by atoms with Crippen LogP contribution in [-0.2, 0) is 14.3 Å². The number of ether oxygens (including phenoxy) is 2. The van der Waals surface area contributed by atoms with E-state index in [1.165, 1.54) is 0 Å². The second-order valence-electron chi connectivity index (χ2n) is 6.33. The molecule has 5 nitrogen and oxygen atoms in total. The summed E-state index contributed by atoms with van der Waals surface area (Å²) in [6.07, 6.45) is 6.35. The fourth-order valence-corrected chi connectivity index (χ4v) is 3.52. The van der Waals surface area contributed by atoms with Gasteiger partial charge in [0.15, 0.2) is 0 Å². The van der Waals surface area contributed by atoms with E-state index in [1.54, 1.807) is 0 Å². The van der Waals surface area contributed by atoms with Gasteiger partial charge in [0.25, 0.3) is 0 Å².